The highest BCUT2D eigenvalue weighted by Gasteiger charge is 2.65. The lowest BCUT2D eigenvalue weighted by Gasteiger charge is -2.29. The van der Waals surface area contributed by atoms with Crippen LogP contribution in [0, 0.1) is 18.8 Å². The summed E-state index contributed by atoms with van der Waals surface area (Å²) in [5.74, 6) is 1.03. The summed E-state index contributed by atoms with van der Waals surface area (Å²) >= 11 is 14.4. The third-order valence-corrected chi connectivity index (χ3v) is 8.75. The third-order valence-electron chi connectivity index (χ3n) is 7.25. The Labute approximate surface area is 213 Å². The fourth-order valence-electron chi connectivity index (χ4n) is 5.55. The van der Waals surface area contributed by atoms with Crippen molar-refractivity contribution in [3.05, 3.63) is 62.0 Å². The van der Waals surface area contributed by atoms with E-state index in [1.54, 1.807) is 30.4 Å². The van der Waals surface area contributed by atoms with Crippen LogP contribution in [0.4, 0.5) is 5.82 Å². The fraction of sp³-hybridized carbons (Fsp3) is 0.400. The Morgan fingerprint density at radius 3 is 2.82 bits per heavy atom. The Morgan fingerprint density at radius 2 is 2.12 bits per heavy atom. The SMILES string of the molecule is CCOC(=O)c1nc(-c2cccc(Cl)c2Cl)c(C)nc1N1CCC2C(C1)C2(CN)c1ccsc1. The second-order valence-corrected chi connectivity index (χ2v) is 10.4. The number of carbonyl (C=O) groups is 1. The highest BCUT2D eigenvalue weighted by atomic mass is 35.5. The topological polar surface area (TPSA) is 81.3 Å². The zero-order chi connectivity index (χ0) is 24.0. The number of nitrogens with zero attached hydrogens (tertiary/aromatic N) is 3. The van der Waals surface area contributed by atoms with Gasteiger partial charge in [-0.1, -0.05) is 35.3 Å². The van der Waals surface area contributed by atoms with Crippen molar-refractivity contribution < 1.29 is 9.53 Å². The number of anilines is 1. The van der Waals surface area contributed by atoms with Gasteiger partial charge in [-0.25, -0.2) is 14.8 Å². The number of halogens is 2. The lowest BCUT2D eigenvalue weighted by atomic mass is 9.94. The van der Waals surface area contributed by atoms with E-state index in [0.717, 1.165) is 19.5 Å². The number of rotatable bonds is 6. The smallest absolute Gasteiger partial charge is 0.360 e. The molecule has 1 aromatic carbocycles. The predicted molar refractivity (Wildman–Crippen MR) is 137 cm³/mol. The molecular formula is C25H26Cl2N4O2S. The molecule has 178 valence electrons. The van der Waals surface area contributed by atoms with Gasteiger partial charge in [0.05, 0.1) is 28.0 Å². The minimum absolute atomic E-state index is 0.00949. The molecule has 3 atom stereocenters. The van der Waals surface area contributed by atoms with Gasteiger partial charge in [0.15, 0.2) is 11.5 Å². The molecule has 2 fully saturated rings. The van der Waals surface area contributed by atoms with Gasteiger partial charge >= 0.3 is 5.97 Å². The van der Waals surface area contributed by atoms with Crippen molar-refractivity contribution in [3.63, 3.8) is 0 Å². The Balaban J connectivity index is 1.53. The van der Waals surface area contributed by atoms with Crippen molar-refractivity contribution in [2.45, 2.75) is 25.7 Å². The molecule has 0 spiro atoms. The van der Waals surface area contributed by atoms with Gasteiger partial charge in [0, 0.05) is 30.6 Å². The number of hydrogen-bond acceptors (Lipinski definition) is 7. The van der Waals surface area contributed by atoms with Gasteiger partial charge in [-0.05, 0) is 60.6 Å². The number of aromatic nitrogens is 2. The average molecular weight is 517 g/mol. The van der Waals surface area contributed by atoms with E-state index >= 15 is 0 Å². The average Bonchev–Trinajstić information content (AvgIpc) is 3.16. The summed E-state index contributed by atoms with van der Waals surface area (Å²) in [6.45, 7) is 6.08. The van der Waals surface area contributed by atoms with Gasteiger partial charge in [0.1, 0.15) is 0 Å². The maximum absolute atomic E-state index is 13.0. The summed E-state index contributed by atoms with van der Waals surface area (Å²) in [7, 11) is 0. The predicted octanol–water partition coefficient (Wildman–Crippen LogP) is 5.35. The molecule has 0 radical (unpaired) electrons. The standard InChI is InChI=1S/C25H26Cl2N4O2S/c1-3-33-24(32)22-23(29-14(2)21(30-22)16-5-4-6-19(26)20(16)27)31-9-7-17-18(11-31)25(17,13-28)15-8-10-34-12-15/h4-6,8,10,12,17-18H,3,7,9,11,13,28H2,1-2H3. The van der Waals surface area contributed by atoms with Crippen LogP contribution < -0.4 is 10.6 Å². The van der Waals surface area contributed by atoms with Gasteiger partial charge in [0.2, 0.25) is 0 Å². The van der Waals surface area contributed by atoms with Gasteiger partial charge in [-0.3, -0.25) is 0 Å². The van der Waals surface area contributed by atoms with Crippen LogP contribution in [0.5, 0.6) is 0 Å². The molecule has 0 bridgehead atoms. The Kier molecular flexibility index (Phi) is 6.31. The number of thiophene rings is 1. The molecule has 6 nitrogen and oxygen atoms in total. The van der Waals surface area contributed by atoms with Crippen LogP contribution in [0.2, 0.25) is 10.0 Å². The maximum Gasteiger partial charge on any atom is 0.360 e. The van der Waals surface area contributed by atoms with E-state index in [1.807, 2.05) is 13.0 Å². The highest BCUT2D eigenvalue weighted by molar-refractivity contribution is 7.08. The first-order valence-electron chi connectivity index (χ1n) is 11.4. The number of esters is 1. The Hall–Kier alpha value is -2.19. The van der Waals surface area contributed by atoms with E-state index in [9.17, 15) is 4.79 Å². The van der Waals surface area contributed by atoms with Crippen LogP contribution in [-0.4, -0.2) is 42.2 Å². The van der Waals surface area contributed by atoms with Crippen molar-refractivity contribution in [1.82, 2.24) is 9.97 Å². The van der Waals surface area contributed by atoms with Crippen LogP contribution in [0.3, 0.4) is 0 Å². The Bertz CT molecular complexity index is 1240. The van der Waals surface area contributed by atoms with Gasteiger partial charge in [0.25, 0.3) is 0 Å². The van der Waals surface area contributed by atoms with Gasteiger partial charge in [-0.15, -0.1) is 0 Å². The van der Waals surface area contributed by atoms with Crippen LogP contribution in [0.25, 0.3) is 11.3 Å². The number of hydrogen-bond donors (Lipinski definition) is 1. The molecule has 1 saturated carbocycles. The number of nitrogens with two attached hydrogens (primary N) is 1. The summed E-state index contributed by atoms with van der Waals surface area (Å²) in [4.78, 5) is 24.8. The molecule has 2 N–H and O–H groups in total. The molecule has 1 aliphatic heterocycles. The van der Waals surface area contributed by atoms with Gasteiger partial charge < -0.3 is 15.4 Å². The number of piperidine rings is 1. The molecule has 2 aliphatic rings. The summed E-state index contributed by atoms with van der Waals surface area (Å²) in [5, 5.41) is 5.13. The molecular weight excluding hydrogens is 491 g/mol. The molecule has 3 aromatic rings. The first kappa shape index (κ1) is 23.5. The lowest BCUT2D eigenvalue weighted by Crippen LogP contribution is -2.34. The summed E-state index contributed by atoms with van der Waals surface area (Å²) in [5.41, 5.74) is 9.69. The fourth-order valence-corrected chi connectivity index (χ4v) is 6.69. The zero-order valence-corrected chi connectivity index (χ0v) is 21.4. The second kappa shape index (κ2) is 9.11. The molecule has 34 heavy (non-hydrogen) atoms. The van der Waals surface area contributed by atoms with E-state index in [2.05, 4.69) is 21.7 Å². The van der Waals surface area contributed by atoms with E-state index in [0.29, 0.717) is 51.2 Å². The lowest BCUT2D eigenvalue weighted by molar-refractivity contribution is 0.0520. The van der Waals surface area contributed by atoms with Crippen LogP contribution in [-0.2, 0) is 10.2 Å². The molecule has 5 rings (SSSR count). The van der Waals surface area contributed by atoms with Crippen molar-refractivity contribution in [1.29, 1.82) is 0 Å². The molecule has 0 amide bonds. The molecule has 3 unspecified atom stereocenters. The molecule has 3 heterocycles. The minimum Gasteiger partial charge on any atom is -0.461 e. The maximum atomic E-state index is 13.0. The Morgan fingerprint density at radius 1 is 1.29 bits per heavy atom. The van der Waals surface area contributed by atoms with Crippen molar-refractivity contribution in [2.75, 3.05) is 31.1 Å². The second-order valence-electron chi connectivity index (χ2n) is 8.86. The van der Waals surface area contributed by atoms with Crippen molar-refractivity contribution >= 4 is 46.3 Å². The van der Waals surface area contributed by atoms with Crippen LogP contribution in [0.1, 0.15) is 35.1 Å². The summed E-state index contributed by atoms with van der Waals surface area (Å²) in [6, 6.07) is 7.54. The normalized spacial score (nSPS) is 23.5. The van der Waals surface area contributed by atoms with E-state index in [4.69, 9.17) is 43.6 Å². The molecule has 1 saturated heterocycles. The quantitative estimate of drug-likeness (QED) is 0.444. The molecule has 9 heteroatoms. The van der Waals surface area contributed by atoms with E-state index in [1.165, 1.54) is 5.56 Å². The van der Waals surface area contributed by atoms with E-state index < -0.39 is 5.97 Å². The number of benzene rings is 1. The first-order valence-corrected chi connectivity index (χ1v) is 13.1. The van der Waals surface area contributed by atoms with E-state index in [-0.39, 0.29) is 17.7 Å². The van der Waals surface area contributed by atoms with Crippen LogP contribution >= 0.6 is 34.5 Å². The minimum atomic E-state index is -0.495. The molecule has 1 aliphatic carbocycles. The molecule has 2 aromatic heterocycles. The first-order chi connectivity index (χ1) is 16.4. The largest absolute Gasteiger partial charge is 0.461 e. The number of aryl methyl sites for hydroxylation is 1. The highest BCUT2D eigenvalue weighted by Crippen LogP contribution is 2.63. The number of fused-ring (bicyclic) bond motifs is 1. The zero-order valence-electron chi connectivity index (χ0n) is 19.1. The monoisotopic (exact) mass is 516 g/mol. The summed E-state index contributed by atoms with van der Waals surface area (Å²) < 4.78 is 5.36. The number of ether oxygens (including phenoxy) is 1. The number of carbonyl (C=O) groups excluding carboxylic acids is 1. The van der Waals surface area contributed by atoms with Crippen molar-refractivity contribution in [3.8, 4) is 11.3 Å². The van der Waals surface area contributed by atoms with Gasteiger partial charge in [-0.2, -0.15) is 11.3 Å². The third kappa shape index (κ3) is 3.70. The summed E-state index contributed by atoms with van der Waals surface area (Å²) in [6.07, 6.45) is 0.989. The van der Waals surface area contributed by atoms with Crippen LogP contribution in [0.15, 0.2) is 35.0 Å². The van der Waals surface area contributed by atoms with Crippen molar-refractivity contribution in [2.24, 2.45) is 17.6 Å².